The second kappa shape index (κ2) is 3.73. The summed E-state index contributed by atoms with van der Waals surface area (Å²) in [5.74, 6) is 0.408. The quantitative estimate of drug-likeness (QED) is 0.551. The van der Waals surface area contributed by atoms with Crippen LogP contribution in [0.15, 0.2) is 46.2 Å². The third-order valence-corrected chi connectivity index (χ3v) is 2.52. The third kappa shape index (κ3) is 1.83. The van der Waals surface area contributed by atoms with Gasteiger partial charge in [-0.3, -0.25) is 10.1 Å². The van der Waals surface area contributed by atoms with Crippen LogP contribution in [0, 0.1) is 10.1 Å². The van der Waals surface area contributed by atoms with E-state index in [1.165, 1.54) is 0 Å². The summed E-state index contributed by atoms with van der Waals surface area (Å²) >= 11 is 0. The molecule has 1 aliphatic rings. The summed E-state index contributed by atoms with van der Waals surface area (Å²) in [7, 11) is 0. The van der Waals surface area contributed by atoms with E-state index >= 15 is 0 Å². The van der Waals surface area contributed by atoms with Gasteiger partial charge in [0.25, 0.3) is 5.70 Å². The molecule has 0 aromatic carbocycles. The molecule has 1 aliphatic carbocycles. The molecule has 2 rings (SSSR count). The van der Waals surface area contributed by atoms with Crippen molar-refractivity contribution in [2.75, 3.05) is 0 Å². The molecule has 1 aromatic rings. The molecule has 0 spiro atoms. The Labute approximate surface area is 87.0 Å². The molecule has 4 heteroatoms. The van der Waals surface area contributed by atoms with Crippen molar-refractivity contribution in [1.82, 2.24) is 0 Å². The Morgan fingerprint density at radius 1 is 1.53 bits per heavy atom. The molecule has 1 atom stereocenters. The number of rotatable bonds is 2. The first-order valence-corrected chi connectivity index (χ1v) is 4.73. The van der Waals surface area contributed by atoms with Crippen LogP contribution < -0.4 is 0 Å². The van der Waals surface area contributed by atoms with Crippen molar-refractivity contribution in [3.8, 4) is 0 Å². The van der Waals surface area contributed by atoms with Crippen LogP contribution in [0.2, 0.25) is 0 Å². The first kappa shape index (κ1) is 9.71. The molecule has 0 unspecified atom stereocenters. The third-order valence-electron chi connectivity index (χ3n) is 2.52. The molecule has 0 amide bonds. The summed E-state index contributed by atoms with van der Waals surface area (Å²) < 4.78 is 5.23. The van der Waals surface area contributed by atoms with E-state index < -0.39 is 0 Å². The van der Waals surface area contributed by atoms with Crippen LogP contribution >= 0.6 is 0 Å². The van der Waals surface area contributed by atoms with Gasteiger partial charge < -0.3 is 4.42 Å². The smallest absolute Gasteiger partial charge is 0.257 e. The van der Waals surface area contributed by atoms with Crippen molar-refractivity contribution >= 4 is 0 Å². The molecule has 4 nitrogen and oxygen atoms in total. The normalized spacial score (nSPS) is 20.7. The van der Waals surface area contributed by atoms with Crippen LogP contribution in [0.25, 0.3) is 0 Å². The summed E-state index contributed by atoms with van der Waals surface area (Å²) in [6.45, 7) is 1.96. The average molecular weight is 205 g/mol. The second-order valence-corrected chi connectivity index (χ2v) is 3.63. The van der Waals surface area contributed by atoms with E-state index in [4.69, 9.17) is 4.42 Å². The highest BCUT2D eigenvalue weighted by Gasteiger charge is 2.30. The first-order chi connectivity index (χ1) is 7.18. The SMILES string of the molecule is CC1=CC=C([N+](=O)[O-])[C@H](c2ccco2)C1. The lowest BCUT2D eigenvalue weighted by atomic mass is 9.90. The minimum Gasteiger partial charge on any atom is -0.468 e. The highest BCUT2D eigenvalue weighted by molar-refractivity contribution is 5.29. The summed E-state index contributed by atoms with van der Waals surface area (Å²) in [6.07, 6.45) is 5.55. The molecule has 0 saturated heterocycles. The van der Waals surface area contributed by atoms with E-state index in [1.807, 2.05) is 6.92 Å². The Bertz CT molecular complexity index is 429. The van der Waals surface area contributed by atoms with E-state index in [0.717, 1.165) is 5.57 Å². The van der Waals surface area contributed by atoms with Crippen LogP contribution in [0.5, 0.6) is 0 Å². The standard InChI is InChI=1S/C11H11NO3/c1-8-4-5-10(12(13)14)9(7-8)11-3-2-6-15-11/h2-6,9H,7H2,1H3/t9-/m1/s1. The van der Waals surface area contributed by atoms with Crippen LogP contribution in [0.4, 0.5) is 0 Å². The number of furan rings is 1. The summed E-state index contributed by atoms with van der Waals surface area (Å²) in [4.78, 5) is 10.5. The summed E-state index contributed by atoms with van der Waals surface area (Å²) in [6, 6.07) is 3.53. The van der Waals surface area contributed by atoms with Gasteiger partial charge in [0.05, 0.1) is 11.2 Å². The molecular weight excluding hydrogens is 194 g/mol. The minimum absolute atomic E-state index is 0.204. The maximum atomic E-state index is 10.8. The summed E-state index contributed by atoms with van der Waals surface area (Å²) in [5.41, 5.74) is 1.33. The van der Waals surface area contributed by atoms with E-state index in [0.29, 0.717) is 12.2 Å². The summed E-state index contributed by atoms with van der Waals surface area (Å²) in [5, 5.41) is 10.8. The molecule has 0 aliphatic heterocycles. The lowest BCUT2D eigenvalue weighted by Crippen LogP contribution is -2.12. The zero-order valence-electron chi connectivity index (χ0n) is 8.34. The van der Waals surface area contributed by atoms with Gasteiger partial charge in [0, 0.05) is 6.08 Å². The van der Waals surface area contributed by atoms with Crippen molar-refractivity contribution < 1.29 is 9.34 Å². The van der Waals surface area contributed by atoms with Crippen LogP contribution in [-0.2, 0) is 0 Å². The lowest BCUT2D eigenvalue weighted by Gasteiger charge is -2.15. The Morgan fingerprint density at radius 2 is 2.33 bits per heavy atom. The van der Waals surface area contributed by atoms with Crippen LogP contribution in [-0.4, -0.2) is 4.92 Å². The van der Waals surface area contributed by atoms with E-state index in [1.54, 1.807) is 30.5 Å². The molecule has 0 saturated carbocycles. The predicted molar refractivity (Wildman–Crippen MR) is 54.9 cm³/mol. The van der Waals surface area contributed by atoms with Crippen molar-refractivity contribution in [2.24, 2.45) is 0 Å². The molecule has 0 bridgehead atoms. The molecule has 0 fully saturated rings. The fourth-order valence-corrected chi connectivity index (χ4v) is 1.76. The van der Waals surface area contributed by atoms with E-state index in [2.05, 4.69) is 0 Å². The van der Waals surface area contributed by atoms with Gasteiger partial charge >= 0.3 is 0 Å². The first-order valence-electron chi connectivity index (χ1n) is 4.73. The van der Waals surface area contributed by atoms with Gasteiger partial charge in [-0.05, 0) is 25.5 Å². The fraction of sp³-hybridized carbons (Fsp3) is 0.273. The van der Waals surface area contributed by atoms with Gasteiger partial charge in [-0.1, -0.05) is 11.6 Å². The van der Waals surface area contributed by atoms with Crippen molar-refractivity contribution in [1.29, 1.82) is 0 Å². The zero-order chi connectivity index (χ0) is 10.8. The largest absolute Gasteiger partial charge is 0.468 e. The molecule has 1 heterocycles. The van der Waals surface area contributed by atoms with E-state index in [-0.39, 0.29) is 16.5 Å². The lowest BCUT2D eigenvalue weighted by molar-refractivity contribution is -0.430. The van der Waals surface area contributed by atoms with Crippen LogP contribution in [0.3, 0.4) is 0 Å². The Balaban J connectivity index is 2.36. The maximum absolute atomic E-state index is 10.8. The Hall–Kier alpha value is -1.84. The van der Waals surface area contributed by atoms with Gasteiger partial charge in [0.2, 0.25) is 0 Å². The van der Waals surface area contributed by atoms with Crippen LogP contribution in [0.1, 0.15) is 25.0 Å². The second-order valence-electron chi connectivity index (χ2n) is 3.63. The van der Waals surface area contributed by atoms with Gasteiger partial charge in [-0.2, -0.15) is 0 Å². The molecule has 0 radical (unpaired) electrons. The topological polar surface area (TPSA) is 56.3 Å². The number of hydrogen-bond acceptors (Lipinski definition) is 3. The zero-order valence-corrected chi connectivity index (χ0v) is 8.34. The number of nitrogens with zero attached hydrogens (tertiary/aromatic N) is 1. The van der Waals surface area contributed by atoms with Gasteiger partial charge in [0.1, 0.15) is 11.7 Å². The minimum atomic E-state index is -0.337. The van der Waals surface area contributed by atoms with Crippen molar-refractivity contribution in [2.45, 2.75) is 19.3 Å². The van der Waals surface area contributed by atoms with Gasteiger partial charge in [0.15, 0.2) is 0 Å². The molecule has 0 N–H and O–H groups in total. The predicted octanol–water partition coefficient (Wildman–Crippen LogP) is 2.87. The maximum Gasteiger partial charge on any atom is 0.257 e. The number of allylic oxidation sites excluding steroid dienone is 4. The highest BCUT2D eigenvalue weighted by atomic mass is 16.6. The average Bonchev–Trinajstić information content (AvgIpc) is 2.69. The Morgan fingerprint density at radius 3 is 2.93 bits per heavy atom. The van der Waals surface area contributed by atoms with Gasteiger partial charge in [-0.25, -0.2) is 0 Å². The number of nitro groups is 1. The van der Waals surface area contributed by atoms with Crippen molar-refractivity contribution in [3.63, 3.8) is 0 Å². The Kier molecular flexibility index (Phi) is 2.41. The molecule has 15 heavy (non-hydrogen) atoms. The highest BCUT2D eigenvalue weighted by Crippen LogP contribution is 2.34. The molecular formula is C11H11NO3. The fourth-order valence-electron chi connectivity index (χ4n) is 1.76. The number of hydrogen-bond donors (Lipinski definition) is 0. The molecule has 1 aromatic heterocycles. The molecule has 78 valence electrons. The van der Waals surface area contributed by atoms with Crippen molar-refractivity contribution in [3.05, 3.63) is 57.7 Å². The van der Waals surface area contributed by atoms with E-state index in [9.17, 15) is 10.1 Å². The monoisotopic (exact) mass is 205 g/mol. The van der Waals surface area contributed by atoms with Gasteiger partial charge in [-0.15, -0.1) is 0 Å².